The molecule has 3 nitrogen and oxygen atoms in total. The number of rotatable bonds is 4. The van der Waals surface area contributed by atoms with Gasteiger partial charge in [-0.1, -0.05) is 34.6 Å². The summed E-state index contributed by atoms with van der Waals surface area (Å²) >= 11 is 0. The second kappa shape index (κ2) is 6.25. The Bertz CT molecular complexity index is 296. The third-order valence-corrected chi connectivity index (χ3v) is 5.24. The van der Waals surface area contributed by atoms with E-state index in [4.69, 9.17) is 0 Å². The first-order valence-electron chi connectivity index (χ1n) is 7.62. The van der Waals surface area contributed by atoms with E-state index >= 15 is 0 Å². The average Bonchev–Trinajstić information content (AvgIpc) is 2.35. The minimum Gasteiger partial charge on any atom is -0.355 e. The van der Waals surface area contributed by atoms with Crippen molar-refractivity contribution in [1.29, 1.82) is 0 Å². The van der Waals surface area contributed by atoms with E-state index in [-0.39, 0.29) is 22.7 Å². The summed E-state index contributed by atoms with van der Waals surface area (Å²) in [6.45, 7) is 11.9. The number of carbonyl (C=O) groups is 1. The molecule has 0 aromatic rings. The van der Waals surface area contributed by atoms with Crippen molar-refractivity contribution in [3.63, 3.8) is 0 Å². The fraction of sp³-hybridized carbons (Fsp3) is 0.938. The molecule has 0 unspecified atom stereocenters. The lowest BCUT2D eigenvalue weighted by Gasteiger charge is -2.39. The number of hydrogen-bond donors (Lipinski definition) is 2. The fourth-order valence-corrected chi connectivity index (χ4v) is 2.36. The van der Waals surface area contributed by atoms with Crippen molar-refractivity contribution in [3.8, 4) is 0 Å². The zero-order chi connectivity index (χ0) is 14.7. The van der Waals surface area contributed by atoms with Gasteiger partial charge in [0.2, 0.25) is 5.91 Å². The lowest BCUT2D eigenvalue weighted by Crippen LogP contribution is -2.44. The van der Waals surface area contributed by atoms with E-state index in [1.807, 2.05) is 7.05 Å². The number of amides is 1. The van der Waals surface area contributed by atoms with Crippen LogP contribution in [0.4, 0.5) is 0 Å². The van der Waals surface area contributed by atoms with Gasteiger partial charge >= 0.3 is 0 Å². The summed E-state index contributed by atoms with van der Waals surface area (Å²) in [5, 5.41) is 6.48. The molecular weight excluding hydrogens is 236 g/mol. The molecule has 1 saturated carbocycles. The molecule has 19 heavy (non-hydrogen) atoms. The molecule has 0 bridgehead atoms. The minimum atomic E-state index is 0.116. The molecule has 0 saturated heterocycles. The Morgan fingerprint density at radius 3 is 2.00 bits per heavy atom. The van der Waals surface area contributed by atoms with Crippen LogP contribution < -0.4 is 10.6 Å². The fourth-order valence-electron chi connectivity index (χ4n) is 2.36. The van der Waals surface area contributed by atoms with E-state index in [9.17, 15) is 4.79 Å². The second-order valence-electron chi connectivity index (χ2n) is 7.69. The van der Waals surface area contributed by atoms with Crippen LogP contribution in [-0.4, -0.2) is 25.5 Å². The Morgan fingerprint density at radius 1 is 1.05 bits per heavy atom. The summed E-state index contributed by atoms with van der Waals surface area (Å²) in [7, 11) is 2.01. The standard InChI is InChI=1S/C16H32N2O/c1-15(2,3)16(4,5)11-18-14(19)12-7-9-13(17-6)10-8-12/h12-13,17H,7-11H2,1-6H3,(H,18,19). The van der Waals surface area contributed by atoms with Crippen molar-refractivity contribution in [2.45, 2.75) is 66.3 Å². The van der Waals surface area contributed by atoms with E-state index < -0.39 is 0 Å². The number of hydrogen-bond acceptors (Lipinski definition) is 2. The maximum Gasteiger partial charge on any atom is 0.223 e. The van der Waals surface area contributed by atoms with E-state index in [0.717, 1.165) is 32.2 Å². The Morgan fingerprint density at radius 2 is 1.58 bits per heavy atom. The highest BCUT2D eigenvalue weighted by Gasteiger charge is 2.34. The summed E-state index contributed by atoms with van der Waals surface area (Å²) in [6.07, 6.45) is 4.29. The van der Waals surface area contributed by atoms with Crippen LogP contribution in [-0.2, 0) is 4.79 Å². The highest BCUT2D eigenvalue weighted by molar-refractivity contribution is 5.78. The van der Waals surface area contributed by atoms with Gasteiger partial charge in [0.1, 0.15) is 0 Å². The first-order chi connectivity index (χ1) is 8.67. The first-order valence-corrected chi connectivity index (χ1v) is 7.62. The number of nitrogens with one attached hydrogen (secondary N) is 2. The van der Waals surface area contributed by atoms with Gasteiger partial charge in [0.15, 0.2) is 0 Å². The first kappa shape index (κ1) is 16.5. The zero-order valence-corrected chi connectivity index (χ0v) is 13.6. The van der Waals surface area contributed by atoms with Gasteiger partial charge in [0.05, 0.1) is 0 Å². The van der Waals surface area contributed by atoms with Crippen LogP contribution in [0.3, 0.4) is 0 Å². The molecule has 0 radical (unpaired) electrons. The van der Waals surface area contributed by atoms with Gasteiger partial charge in [-0.3, -0.25) is 4.79 Å². The van der Waals surface area contributed by atoms with Gasteiger partial charge in [-0.05, 0) is 43.6 Å². The third-order valence-electron chi connectivity index (χ3n) is 5.24. The van der Waals surface area contributed by atoms with Crippen molar-refractivity contribution in [3.05, 3.63) is 0 Å². The molecule has 0 heterocycles. The molecule has 1 rings (SSSR count). The molecule has 112 valence electrons. The van der Waals surface area contributed by atoms with E-state index in [0.29, 0.717) is 6.04 Å². The Hall–Kier alpha value is -0.570. The quantitative estimate of drug-likeness (QED) is 0.823. The SMILES string of the molecule is CNC1CCC(C(=O)NCC(C)(C)C(C)(C)C)CC1. The summed E-state index contributed by atoms with van der Waals surface area (Å²) in [6, 6.07) is 0.607. The van der Waals surface area contributed by atoms with E-state index in [2.05, 4.69) is 45.3 Å². The normalized spacial score (nSPS) is 25.2. The molecule has 0 aromatic carbocycles. The molecule has 3 heteroatoms. The maximum atomic E-state index is 12.2. The summed E-state index contributed by atoms with van der Waals surface area (Å²) in [5.74, 6) is 0.479. The second-order valence-corrected chi connectivity index (χ2v) is 7.69. The summed E-state index contributed by atoms with van der Waals surface area (Å²) < 4.78 is 0. The largest absolute Gasteiger partial charge is 0.355 e. The van der Waals surface area contributed by atoms with Crippen LogP contribution in [0.15, 0.2) is 0 Å². The lowest BCUT2D eigenvalue weighted by atomic mass is 9.69. The molecule has 0 aliphatic heterocycles. The molecular formula is C16H32N2O. The minimum absolute atomic E-state index is 0.116. The van der Waals surface area contributed by atoms with Crippen molar-refractivity contribution in [2.24, 2.45) is 16.7 Å². The van der Waals surface area contributed by atoms with Crippen molar-refractivity contribution in [1.82, 2.24) is 10.6 Å². The molecule has 0 atom stereocenters. The highest BCUT2D eigenvalue weighted by atomic mass is 16.1. The lowest BCUT2D eigenvalue weighted by molar-refractivity contribution is -0.126. The van der Waals surface area contributed by atoms with Crippen LogP contribution in [0.5, 0.6) is 0 Å². The van der Waals surface area contributed by atoms with Gasteiger partial charge in [0, 0.05) is 18.5 Å². The van der Waals surface area contributed by atoms with Crippen LogP contribution in [0, 0.1) is 16.7 Å². The summed E-state index contributed by atoms with van der Waals surface area (Å²) in [5.41, 5.74) is 0.314. The van der Waals surface area contributed by atoms with Crippen molar-refractivity contribution < 1.29 is 4.79 Å². The molecule has 1 aliphatic rings. The molecule has 1 amide bonds. The molecule has 2 N–H and O–H groups in total. The van der Waals surface area contributed by atoms with Crippen LogP contribution in [0.25, 0.3) is 0 Å². The van der Waals surface area contributed by atoms with Gasteiger partial charge in [0.25, 0.3) is 0 Å². The van der Waals surface area contributed by atoms with Crippen LogP contribution >= 0.6 is 0 Å². The zero-order valence-electron chi connectivity index (χ0n) is 13.6. The van der Waals surface area contributed by atoms with Crippen LogP contribution in [0.1, 0.15) is 60.3 Å². The maximum absolute atomic E-state index is 12.2. The molecule has 0 aromatic heterocycles. The van der Waals surface area contributed by atoms with Crippen molar-refractivity contribution >= 4 is 5.91 Å². The van der Waals surface area contributed by atoms with Gasteiger partial charge in [-0.15, -0.1) is 0 Å². The third kappa shape index (κ3) is 4.48. The van der Waals surface area contributed by atoms with Gasteiger partial charge in [-0.2, -0.15) is 0 Å². The topological polar surface area (TPSA) is 41.1 Å². The molecule has 1 aliphatic carbocycles. The summed E-state index contributed by atoms with van der Waals surface area (Å²) in [4.78, 5) is 12.2. The smallest absolute Gasteiger partial charge is 0.223 e. The Labute approximate surface area is 118 Å². The van der Waals surface area contributed by atoms with Gasteiger partial charge in [-0.25, -0.2) is 0 Å². The predicted molar refractivity (Wildman–Crippen MR) is 81.1 cm³/mol. The van der Waals surface area contributed by atoms with Crippen molar-refractivity contribution in [2.75, 3.05) is 13.6 Å². The van der Waals surface area contributed by atoms with E-state index in [1.165, 1.54) is 0 Å². The average molecular weight is 268 g/mol. The predicted octanol–water partition coefficient (Wildman–Crippen LogP) is 2.95. The molecule has 0 spiro atoms. The van der Waals surface area contributed by atoms with E-state index in [1.54, 1.807) is 0 Å². The highest BCUT2D eigenvalue weighted by Crippen LogP contribution is 2.37. The Kier molecular flexibility index (Phi) is 5.43. The van der Waals surface area contributed by atoms with Crippen LogP contribution in [0.2, 0.25) is 0 Å². The number of carbonyl (C=O) groups excluding carboxylic acids is 1. The van der Waals surface area contributed by atoms with Gasteiger partial charge < -0.3 is 10.6 Å². The Balaban J connectivity index is 2.40. The monoisotopic (exact) mass is 268 g/mol. The molecule has 1 fully saturated rings.